The normalized spacial score (nSPS) is 11.3. The molecule has 0 aliphatic heterocycles. The van der Waals surface area contributed by atoms with Crippen LogP contribution in [0.25, 0.3) is 10.8 Å². The number of guanidine groups is 1. The molecule has 0 fully saturated rings. The summed E-state index contributed by atoms with van der Waals surface area (Å²) in [7, 11) is 0. The van der Waals surface area contributed by atoms with Crippen LogP contribution in [-0.2, 0) is 13.1 Å². The maximum absolute atomic E-state index is 5.54. The van der Waals surface area contributed by atoms with Crippen molar-refractivity contribution in [3.05, 3.63) is 46.9 Å². The molecule has 0 atom stereocenters. The maximum Gasteiger partial charge on any atom is 0.236 e. The van der Waals surface area contributed by atoms with E-state index in [1.165, 1.54) is 5.69 Å². The van der Waals surface area contributed by atoms with Gasteiger partial charge in [0.15, 0.2) is 5.96 Å². The Labute approximate surface area is 186 Å². The number of oxazole rings is 1. The Kier molecular flexibility index (Phi) is 8.97. The lowest BCUT2D eigenvalue weighted by atomic mass is 10.4. The van der Waals surface area contributed by atoms with Gasteiger partial charge in [0.25, 0.3) is 0 Å². The molecule has 3 rings (SSSR count). The van der Waals surface area contributed by atoms with Crippen LogP contribution in [0.5, 0.6) is 0 Å². The fourth-order valence-corrected chi connectivity index (χ4v) is 3.39. The Morgan fingerprint density at radius 3 is 2.86 bits per heavy atom. The van der Waals surface area contributed by atoms with Gasteiger partial charge in [0.2, 0.25) is 5.89 Å². The van der Waals surface area contributed by atoms with Crippen molar-refractivity contribution in [1.82, 2.24) is 25.4 Å². The Hall–Kier alpha value is -1.88. The lowest BCUT2D eigenvalue weighted by molar-refractivity contribution is 0.555. The second-order valence-electron chi connectivity index (χ2n) is 6.25. The summed E-state index contributed by atoms with van der Waals surface area (Å²) in [4.78, 5) is 10.1. The summed E-state index contributed by atoms with van der Waals surface area (Å²) in [5.74, 6) is 1.43. The van der Waals surface area contributed by atoms with E-state index in [0.29, 0.717) is 12.4 Å². The van der Waals surface area contributed by atoms with E-state index >= 15 is 0 Å². The molecule has 0 spiro atoms. The van der Waals surface area contributed by atoms with Crippen LogP contribution in [0.2, 0.25) is 0 Å². The highest BCUT2D eigenvalue weighted by Gasteiger charge is 2.07. The fraction of sp³-hybridized carbons (Fsp3) is 0.421. The number of hydrogen-bond acceptors (Lipinski definition) is 5. The molecule has 3 aromatic heterocycles. The molecule has 9 heteroatoms. The molecule has 152 valence electrons. The van der Waals surface area contributed by atoms with Crippen LogP contribution in [0.1, 0.15) is 30.4 Å². The minimum atomic E-state index is 0. The maximum atomic E-state index is 5.54. The summed E-state index contributed by atoms with van der Waals surface area (Å²) in [6.45, 7) is 9.15. The van der Waals surface area contributed by atoms with Gasteiger partial charge in [-0.25, -0.2) is 9.98 Å². The third-order valence-corrected chi connectivity index (χ3v) is 4.83. The summed E-state index contributed by atoms with van der Waals surface area (Å²) < 4.78 is 7.59. The molecule has 0 saturated heterocycles. The van der Waals surface area contributed by atoms with Crippen molar-refractivity contribution in [2.75, 3.05) is 13.1 Å². The molecule has 28 heavy (non-hydrogen) atoms. The van der Waals surface area contributed by atoms with Gasteiger partial charge in [0.05, 0.1) is 17.1 Å². The highest BCUT2D eigenvalue weighted by molar-refractivity contribution is 14.0. The summed E-state index contributed by atoms with van der Waals surface area (Å²) in [6.07, 6.45) is 2.64. The van der Waals surface area contributed by atoms with Crippen molar-refractivity contribution in [3.63, 3.8) is 0 Å². The number of nitrogens with zero attached hydrogens (tertiary/aromatic N) is 4. The number of thiophene rings is 1. The highest BCUT2D eigenvalue weighted by Crippen LogP contribution is 2.23. The van der Waals surface area contributed by atoms with Gasteiger partial charge >= 0.3 is 0 Å². The third kappa shape index (κ3) is 6.33. The number of aliphatic imine (C=N–C) groups is 1. The van der Waals surface area contributed by atoms with Crippen molar-refractivity contribution in [2.45, 2.75) is 40.3 Å². The van der Waals surface area contributed by atoms with E-state index in [-0.39, 0.29) is 24.0 Å². The minimum absolute atomic E-state index is 0. The van der Waals surface area contributed by atoms with Gasteiger partial charge in [-0.3, -0.25) is 4.68 Å². The van der Waals surface area contributed by atoms with Crippen molar-refractivity contribution in [2.24, 2.45) is 4.99 Å². The van der Waals surface area contributed by atoms with Crippen molar-refractivity contribution < 1.29 is 4.42 Å². The summed E-state index contributed by atoms with van der Waals surface area (Å²) in [5.41, 5.74) is 3.07. The number of halogens is 1. The van der Waals surface area contributed by atoms with Gasteiger partial charge in [0, 0.05) is 25.3 Å². The predicted octanol–water partition coefficient (Wildman–Crippen LogP) is 3.98. The molecule has 0 amide bonds. The molecule has 0 aliphatic rings. The number of aromatic nitrogens is 3. The topological polar surface area (TPSA) is 80.3 Å². The van der Waals surface area contributed by atoms with E-state index in [9.17, 15) is 0 Å². The number of nitrogens with one attached hydrogen (secondary N) is 2. The molecular formula is C19H27IN6OS. The van der Waals surface area contributed by atoms with E-state index in [0.717, 1.165) is 48.3 Å². The second-order valence-corrected chi connectivity index (χ2v) is 7.19. The average Bonchev–Trinajstić information content (AvgIpc) is 3.38. The largest absolute Gasteiger partial charge is 0.443 e. The first-order valence-electron chi connectivity index (χ1n) is 9.17. The summed E-state index contributed by atoms with van der Waals surface area (Å²) in [6, 6.07) is 6.08. The monoisotopic (exact) mass is 514 g/mol. The number of aryl methyl sites for hydroxylation is 3. The zero-order valence-corrected chi connectivity index (χ0v) is 19.6. The standard InChI is InChI=1S/C19H26N6OS.HI/c1-4-20-19(21-8-6-9-25-15(3)11-14(2)24-25)22-12-16-13-26-18(23-16)17-7-5-10-27-17;/h5,7,10-11,13H,4,6,8-9,12H2,1-3H3,(H2,20,21,22);1H. The van der Waals surface area contributed by atoms with E-state index < -0.39 is 0 Å². The van der Waals surface area contributed by atoms with Crippen LogP contribution in [0.3, 0.4) is 0 Å². The molecule has 0 bridgehead atoms. The van der Waals surface area contributed by atoms with Crippen molar-refractivity contribution in [1.29, 1.82) is 0 Å². The molecule has 0 aliphatic carbocycles. The first-order chi connectivity index (χ1) is 13.2. The third-order valence-electron chi connectivity index (χ3n) is 3.97. The van der Waals surface area contributed by atoms with Crippen molar-refractivity contribution in [3.8, 4) is 10.8 Å². The SMILES string of the molecule is CCNC(=NCc1coc(-c2cccs2)n1)NCCCn1nc(C)cc1C.I. The number of hydrogen-bond donors (Lipinski definition) is 2. The Balaban J connectivity index is 0.00000280. The Morgan fingerprint density at radius 1 is 1.32 bits per heavy atom. The van der Waals surface area contributed by atoms with Crippen LogP contribution in [-0.4, -0.2) is 33.8 Å². The Morgan fingerprint density at radius 2 is 2.18 bits per heavy atom. The molecule has 0 unspecified atom stereocenters. The van der Waals surface area contributed by atoms with Gasteiger partial charge in [-0.05, 0) is 44.7 Å². The molecule has 3 aromatic rings. The minimum Gasteiger partial charge on any atom is -0.443 e. The van der Waals surface area contributed by atoms with E-state index in [1.54, 1.807) is 17.6 Å². The van der Waals surface area contributed by atoms with Crippen LogP contribution >= 0.6 is 35.3 Å². The molecule has 0 radical (unpaired) electrons. The zero-order chi connectivity index (χ0) is 19.1. The van der Waals surface area contributed by atoms with Crippen molar-refractivity contribution >= 4 is 41.3 Å². The van der Waals surface area contributed by atoms with Gasteiger partial charge in [-0.15, -0.1) is 35.3 Å². The first kappa shape index (κ1) is 22.4. The number of rotatable bonds is 8. The van der Waals surface area contributed by atoms with Gasteiger partial charge in [-0.2, -0.15) is 5.10 Å². The molecule has 2 N–H and O–H groups in total. The molecular weight excluding hydrogens is 487 g/mol. The first-order valence-corrected chi connectivity index (χ1v) is 10.0. The smallest absolute Gasteiger partial charge is 0.236 e. The quantitative estimate of drug-likeness (QED) is 0.206. The van der Waals surface area contributed by atoms with Gasteiger partial charge < -0.3 is 15.1 Å². The van der Waals surface area contributed by atoms with Crippen LogP contribution in [0.15, 0.2) is 39.3 Å². The molecule has 7 nitrogen and oxygen atoms in total. The predicted molar refractivity (Wildman–Crippen MR) is 124 cm³/mol. The van der Waals surface area contributed by atoms with Crippen LogP contribution < -0.4 is 10.6 Å². The van der Waals surface area contributed by atoms with Gasteiger partial charge in [-0.1, -0.05) is 6.07 Å². The summed E-state index contributed by atoms with van der Waals surface area (Å²) >= 11 is 1.61. The highest BCUT2D eigenvalue weighted by atomic mass is 127. The van der Waals surface area contributed by atoms with E-state index in [1.807, 2.05) is 29.1 Å². The summed E-state index contributed by atoms with van der Waals surface area (Å²) in [5, 5.41) is 13.1. The molecule has 3 heterocycles. The zero-order valence-electron chi connectivity index (χ0n) is 16.4. The lowest BCUT2D eigenvalue weighted by Gasteiger charge is -2.11. The molecule has 0 aromatic carbocycles. The lowest BCUT2D eigenvalue weighted by Crippen LogP contribution is -2.38. The molecule has 0 saturated carbocycles. The van der Waals surface area contributed by atoms with E-state index in [2.05, 4.69) is 45.6 Å². The van der Waals surface area contributed by atoms with Crippen LogP contribution in [0.4, 0.5) is 0 Å². The van der Waals surface area contributed by atoms with E-state index in [4.69, 9.17) is 4.42 Å². The fourth-order valence-electron chi connectivity index (χ4n) is 2.73. The van der Waals surface area contributed by atoms with Gasteiger partial charge in [0.1, 0.15) is 12.0 Å². The Bertz CT molecular complexity index is 871. The average molecular weight is 514 g/mol. The second kappa shape index (κ2) is 11.2. The van der Waals surface area contributed by atoms with Crippen LogP contribution in [0, 0.1) is 13.8 Å².